The molecule has 0 radical (unpaired) electrons. The Hall–Kier alpha value is -4.94. The number of carbonyl (C=O) groups excluding carboxylic acids is 2. The molecule has 0 saturated heterocycles. The number of aromatic nitrogens is 5. The number of aliphatic hydroxyl groups excluding tert-OH is 1. The first-order valence-corrected chi connectivity index (χ1v) is 14.2. The van der Waals surface area contributed by atoms with Crippen molar-refractivity contribution in [1.82, 2.24) is 24.1 Å². The van der Waals surface area contributed by atoms with Crippen molar-refractivity contribution in [2.24, 2.45) is 5.92 Å². The Balaban J connectivity index is 1.22. The van der Waals surface area contributed by atoms with Crippen LogP contribution in [0.4, 0.5) is 5.95 Å². The van der Waals surface area contributed by atoms with Crippen molar-refractivity contribution in [3.8, 4) is 5.75 Å². The summed E-state index contributed by atoms with van der Waals surface area (Å²) in [7, 11) is 1.54. The molecule has 1 fully saturated rings. The van der Waals surface area contributed by atoms with Crippen molar-refractivity contribution in [3.05, 3.63) is 93.1 Å². The number of nitrogens with one attached hydrogen (secondary N) is 1. The largest absolute Gasteiger partial charge is 0.497 e. The summed E-state index contributed by atoms with van der Waals surface area (Å²) in [5.74, 6) is -0.723. The summed E-state index contributed by atoms with van der Waals surface area (Å²) in [4.78, 5) is 49.7. The van der Waals surface area contributed by atoms with E-state index in [1.54, 1.807) is 65.6 Å². The zero-order chi connectivity index (χ0) is 31.3. The van der Waals surface area contributed by atoms with Gasteiger partial charge in [0.15, 0.2) is 11.2 Å². The van der Waals surface area contributed by atoms with Gasteiger partial charge in [0.2, 0.25) is 5.95 Å². The molecule has 0 bridgehead atoms. The summed E-state index contributed by atoms with van der Waals surface area (Å²) in [5.41, 5.74) is 8.42. The van der Waals surface area contributed by atoms with E-state index >= 15 is 0 Å². The van der Waals surface area contributed by atoms with E-state index in [0.29, 0.717) is 50.5 Å². The summed E-state index contributed by atoms with van der Waals surface area (Å²) >= 11 is 6.02. The monoisotopic (exact) mass is 616 g/mol. The fraction of sp³-hybridized carbons (Fsp3) is 0.258. The third kappa shape index (κ3) is 5.01. The van der Waals surface area contributed by atoms with Gasteiger partial charge in [0.1, 0.15) is 5.75 Å². The van der Waals surface area contributed by atoms with Gasteiger partial charge in [-0.3, -0.25) is 23.9 Å². The molecule has 226 valence electrons. The van der Waals surface area contributed by atoms with Crippen LogP contribution in [-0.2, 0) is 16.0 Å². The van der Waals surface area contributed by atoms with Crippen LogP contribution in [0.1, 0.15) is 34.1 Å². The highest BCUT2D eigenvalue weighted by Crippen LogP contribution is 2.40. The van der Waals surface area contributed by atoms with E-state index in [0.717, 1.165) is 0 Å². The van der Waals surface area contributed by atoms with Gasteiger partial charge in [-0.05, 0) is 66.9 Å². The van der Waals surface area contributed by atoms with Gasteiger partial charge in [0.05, 0.1) is 44.1 Å². The van der Waals surface area contributed by atoms with E-state index in [4.69, 9.17) is 26.8 Å². The molecular weight excluding hydrogens is 588 g/mol. The molecule has 1 saturated carbocycles. The van der Waals surface area contributed by atoms with E-state index in [1.807, 2.05) is 0 Å². The Labute approximate surface area is 255 Å². The molecule has 3 atom stereocenters. The maximum Gasteiger partial charge on any atom is 0.310 e. The van der Waals surface area contributed by atoms with Crippen LogP contribution >= 0.6 is 11.6 Å². The Morgan fingerprint density at radius 2 is 1.98 bits per heavy atom. The van der Waals surface area contributed by atoms with Gasteiger partial charge in [-0.15, -0.1) is 0 Å². The smallest absolute Gasteiger partial charge is 0.310 e. The lowest BCUT2D eigenvalue weighted by Gasteiger charge is -2.14. The molecule has 4 N–H and O–H groups in total. The predicted molar refractivity (Wildman–Crippen MR) is 164 cm³/mol. The molecule has 12 nitrogen and oxygen atoms in total. The summed E-state index contributed by atoms with van der Waals surface area (Å²) in [6.07, 6.45) is 0.760. The van der Waals surface area contributed by atoms with Crippen LogP contribution in [0.2, 0.25) is 5.02 Å². The molecule has 0 spiro atoms. The van der Waals surface area contributed by atoms with Gasteiger partial charge < -0.3 is 24.9 Å². The van der Waals surface area contributed by atoms with Crippen LogP contribution < -0.4 is 16.0 Å². The lowest BCUT2D eigenvalue weighted by molar-refractivity contribution is -0.144. The first-order chi connectivity index (χ1) is 21.1. The second kappa shape index (κ2) is 11.3. The normalized spacial score (nSPS) is 18.3. The van der Waals surface area contributed by atoms with Crippen molar-refractivity contribution in [1.29, 1.82) is 0 Å². The highest BCUT2D eigenvalue weighted by atomic mass is 35.5. The van der Waals surface area contributed by atoms with E-state index < -0.39 is 29.6 Å². The van der Waals surface area contributed by atoms with Crippen LogP contribution in [0.3, 0.4) is 0 Å². The summed E-state index contributed by atoms with van der Waals surface area (Å²) < 4.78 is 14.3. The number of hydrogen-bond acceptors (Lipinski definition) is 9. The van der Waals surface area contributed by atoms with Gasteiger partial charge in [0.25, 0.3) is 11.5 Å². The Morgan fingerprint density at radius 1 is 1.23 bits per heavy atom. The lowest BCUT2D eigenvalue weighted by Crippen LogP contribution is -2.22. The van der Waals surface area contributed by atoms with Gasteiger partial charge >= 0.3 is 5.97 Å². The quantitative estimate of drug-likeness (QED) is 0.183. The maximum atomic E-state index is 13.6. The molecule has 1 aliphatic rings. The Kier molecular flexibility index (Phi) is 7.48. The van der Waals surface area contributed by atoms with Crippen LogP contribution in [-0.4, -0.2) is 60.9 Å². The number of anilines is 1. The zero-order valence-corrected chi connectivity index (χ0v) is 24.7. The maximum absolute atomic E-state index is 13.6. The van der Waals surface area contributed by atoms with Crippen LogP contribution in [0.25, 0.3) is 22.1 Å². The SMILES string of the molecule is C=C1[C@@H](O)[C@@H](COC(=O)Cc2c(C)n(C(=O)c3ccc(Cl)cc3)c3ccc(OC)cc23)C[C@@H]1n1cnc2c(=O)[nH]c(N)nc21. The van der Waals surface area contributed by atoms with Crippen molar-refractivity contribution in [3.63, 3.8) is 0 Å². The number of hydrogen-bond donors (Lipinski definition) is 3. The minimum absolute atomic E-state index is 0.0528. The second-order valence-corrected chi connectivity index (χ2v) is 11.2. The fourth-order valence-electron chi connectivity index (χ4n) is 5.88. The average Bonchev–Trinajstić information content (AvgIpc) is 3.63. The molecule has 0 amide bonds. The topological polar surface area (TPSA) is 167 Å². The van der Waals surface area contributed by atoms with E-state index in [1.165, 1.54) is 6.33 Å². The minimum Gasteiger partial charge on any atom is -0.497 e. The number of nitrogen functional groups attached to an aromatic ring is 1. The third-order valence-corrected chi connectivity index (χ3v) is 8.43. The molecule has 6 rings (SSSR count). The van der Waals surface area contributed by atoms with Crippen molar-refractivity contribution < 1.29 is 24.2 Å². The summed E-state index contributed by atoms with van der Waals surface area (Å²) in [6, 6.07) is 11.5. The standard InChI is InChI=1S/C31H29ClN6O6/c1-15-24(37-14-34-26-28(37)35-31(33)36-29(26)41)10-18(27(15)40)13-44-25(39)12-21-16(2)38(23-9-8-20(43-3)11-22(21)23)30(42)17-4-6-19(32)7-5-17/h4-9,11,14,18,24,27,40H,1,10,12-13H2,2-3H3,(H3,33,35,36,41)/t18-,24+,27-/m1/s1. The highest BCUT2D eigenvalue weighted by molar-refractivity contribution is 6.30. The van der Waals surface area contributed by atoms with E-state index in [2.05, 4.69) is 21.5 Å². The number of methoxy groups -OCH3 is 1. The van der Waals surface area contributed by atoms with Crippen LogP contribution in [0.5, 0.6) is 5.75 Å². The summed E-state index contributed by atoms with van der Waals surface area (Å²) in [5, 5.41) is 12.1. The van der Waals surface area contributed by atoms with Crippen molar-refractivity contribution in [2.45, 2.75) is 31.9 Å². The molecule has 3 heterocycles. The third-order valence-electron chi connectivity index (χ3n) is 8.18. The van der Waals surface area contributed by atoms with Crippen molar-refractivity contribution >= 4 is 51.5 Å². The van der Waals surface area contributed by atoms with E-state index in [9.17, 15) is 19.5 Å². The summed E-state index contributed by atoms with van der Waals surface area (Å²) in [6.45, 7) is 5.75. The Morgan fingerprint density at radius 3 is 2.70 bits per heavy atom. The van der Waals surface area contributed by atoms with Crippen LogP contribution in [0, 0.1) is 12.8 Å². The molecule has 44 heavy (non-hydrogen) atoms. The minimum atomic E-state index is -0.963. The van der Waals surface area contributed by atoms with Gasteiger partial charge in [-0.1, -0.05) is 18.2 Å². The number of nitrogens with two attached hydrogens (primary N) is 1. The molecule has 3 aromatic heterocycles. The average molecular weight is 617 g/mol. The second-order valence-electron chi connectivity index (χ2n) is 10.8. The molecule has 13 heteroatoms. The number of carbonyl (C=O) groups is 2. The molecular formula is C31H29ClN6O6. The predicted octanol–water partition coefficient (Wildman–Crippen LogP) is 3.58. The van der Waals surface area contributed by atoms with Crippen LogP contribution in [0.15, 0.2) is 65.7 Å². The number of aliphatic hydroxyl groups is 1. The zero-order valence-electron chi connectivity index (χ0n) is 23.9. The number of fused-ring (bicyclic) bond motifs is 2. The Bertz CT molecular complexity index is 2010. The highest BCUT2D eigenvalue weighted by Gasteiger charge is 2.39. The first-order valence-electron chi connectivity index (χ1n) is 13.8. The first kappa shape index (κ1) is 29.1. The number of ether oxygens (including phenoxy) is 2. The number of benzene rings is 2. The van der Waals surface area contributed by atoms with Gasteiger partial charge in [-0.25, -0.2) is 4.98 Å². The van der Waals surface area contributed by atoms with Gasteiger partial charge in [-0.2, -0.15) is 4.98 Å². The number of rotatable bonds is 7. The lowest BCUT2D eigenvalue weighted by atomic mass is 10.1. The number of imidazole rings is 1. The molecule has 5 aromatic rings. The number of H-pyrrole nitrogens is 1. The number of esters is 1. The molecule has 0 unspecified atom stereocenters. The number of aromatic amines is 1. The number of nitrogens with zero attached hydrogens (tertiary/aromatic N) is 4. The van der Waals surface area contributed by atoms with E-state index in [-0.39, 0.29) is 36.0 Å². The van der Waals surface area contributed by atoms with Crippen molar-refractivity contribution in [2.75, 3.05) is 19.5 Å². The van der Waals surface area contributed by atoms with Gasteiger partial charge in [0, 0.05) is 27.6 Å². The molecule has 2 aromatic carbocycles. The molecule has 0 aliphatic heterocycles. The number of halogens is 1. The fourth-order valence-corrected chi connectivity index (χ4v) is 6.01. The molecule has 1 aliphatic carbocycles.